The minimum absolute atomic E-state index is 0.0275. The van der Waals surface area contributed by atoms with E-state index in [4.69, 9.17) is 4.42 Å². The van der Waals surface area contributed by atoms with Crippen molar-refractivity contribution in [1.82, 2.24) is 0 Å². The summed E-state index contributed by atoms with van der Waals surface area (Å²) in [5.41, 5.74) is 2.49. The molecule has 0 atom stereocenters. The van der Waals surface area contributed by atoms with Crippen LogP contribution < -0.4 is 5.43 Å². The van der Waals surface area contributed by atoms with Gasteiger partial charge in [-0.05, 0) is 46.7 Å². The lowest BCUT2D eigenvalue weighted by Gasteiger charge is -2.17. The van der Waals surface area contributed by atoms with Crippen LogP contribution in [0.5, 0.6) is 5.75 Å². The Morgan fingerprint density at radius 1 is 0.897 bits per heavy atom. The summed E-state index contributed by atoms with van der Waals surface area (Å²) in [7, 11) is 0. The van der Waals surface area contributed by atoms with Crippen molar-refractivity contribution in [2.75, 3.05) is 0 Å². The number of carboxylic acids is 1. The van der Waals surface area contributed by atoms with Gasteiger partial charge in [0.05, 0.1) is 5.56 Å². The quantitative estimate of drug-likeness (QED) is 0.327. The van der Waals surface area contributed by atoms with Gasteiger partial charge in [-0.25, -0.2) is 4.79 Å². The lowest BCUT2D eigenvalue weighted by atomic mass is 9.90. The maximum absolute atomic E-state index is 11.9. The highest BCUT2D eigenvalue weighted by Crippen LogP contribution is 2.45. The summed E-state index contributed by atoms with van der Waals surface area (Å²) in [4.78, 5) is 23.1. The van der Waals surface area contributed by atoms with Crippen LogP contribution in [0.2, 0.25) is 0 Å². The maximum atomic E-state index is 11.9. The van der Waals surface area contributed by atoms with E-state index in [9.17, 15) is 19.8 Å². The third-order valence-corrected chi connectivity index (χ3v) is 5.09. The van der Waals surface area contributed by atoms with Crippen LogP contribution >= 0.6 is 0 Å². The molecule has 3 aromatic carbocycles. The molecule has 1 aliphatic carbocycles. The number of fused-ring (bicyclic) bond motifs is 4. The number of hydrogen-bond donors (Lipinski definition) is 2. The van der Waals surface area contributed by atoms with Crippen LogP contribution in [0.4, 0.5) is 0 Å². The van der Waals surface area contributed by atoms with Crippen molar-refractivity contribution in [3.63, 3.8) is 0 Å². The number of phenols is 1. The van der Waals surface area contributed by atoms with E-state index in [1.165, 1.54) is 24.3 Å². The molecule has 0 spiro atoms. The number of carboxylic acid groups (broad SMARTS) is 1. The van der Waals surface area contributed by atoms with Gasteiger partial charge in [0, 0.05) is 22.6 Å². The largest absolute Gasteiger partial charge is 0.504 e. The predicted molar refractivity (Wildman–Crippen MR) is 111 cm³/mol. The minimum atomic E-state index is -1.01. The van der Waals surface area contributed by atoms with Gasteiger partial charge in [-0.3, -0.25) is 4.79 Å². The first-order valence-electron chi connectivity index (χ1n) is 8.98. The lowest BCUT2D eigenvalue weighted by molar-refractivity contribution is 0.0697. The molecule has 140 valence electrons. The standard InChI is InChI=1S/C24H14O5/c25-16-9-10-18-20(12-16)29-23-19(26)11-15-3-1-2-4-17(15)22(23)21(18)13-5-7-14(8-6-13)24(27)28/h1-12,26H,(H,27,28). The van der Waals surface area contributed by atoms with Gasteiger partial charge in [-0.15, -0.1) is 0 Å². The molecular formula is C24H14O5. The topological polar surface area (TPSA) is 87.7 Å². The van der Waals surface area contributed by atoms with Crippen LogP contribution in [0.25, 0.3) is 44.2 Å². The zero-order valence-electron chi connectivity index (χ0n) is 15.0. The summed E-state index contributed by atoms with van der Waals surface area (Å²) in [6.07, 6.45) is 0. The number of rotatable bonds is 2. The van der Waals surface area contributed by atoms with Crippen LogP contribution in [0.1, 0.15) is 10.4 Å². The molecular weight excluding hydrogens is 368 g/mol. The zero-order valence-corrected chi connectivity index (χ0v) is 15.0. The number of hydrogen-bond acceptors (Lipinski definition) is 4. The summed E-state index contributed by atoms with van der Waals surface area (Å²) < 4.78 is 5.95. The predicted octanol–water partition coefficient (Wildman–Crippen LogP) is 5.12. The van der Waals surface area contributed by atoms with Gasteiger partial charge in [-0.2, -0.15) is 0 Å². The third-order valence-electron chi connectivity index (χ3n) is 5.09. The van der Waals surface area contributed by atoms with Gasteiger partial charge >= 0.3 is 5.97 Å². The zero-order chi connectivity index (χ0) is 20.1. The van der Waals surface area contributed by atoms with E-state index in [-0.39, 0.29) is 22.3 Å². The molecule has 5 rings (SSSR count). The molecule has 0 radical (unpaired) electrons. The molecule has 0 bridgehead atoms. The Balaban J connectivity index is 2.00. The van der Waals surface area contributed by atoms with Crippen LogP contribution in [-0.4, -0.2) is 16.2 Å². The highest BCUT2D eigenvalue weighted by atomic mass is 16.4. The number of aromatic hydroxyl groups is 1. The van der Waals surface area contributed by atoms with E-state index in [0.29, 0.717) is 16.7 Å². The molecule has 1 aliphatic heterocycles. The average molecular weight is 382 g/mol. The van der Waals surface area contributed by atoms with E-state index >= 15 is 0 Å². The molecule has 3 aromatic rings. The molecule has 2 aliphatic rings. The van der Waals surface area contributed by atoms with Crippen LogP contribution in [0.15, 0.2) is 82.0 Å². The summed E-state index contributed by atoms with van der Waals surface area (Å²) in [6, 6.07) is 20.3. The molecule has 2 N–H and O–H groups in total. The number of benzene rings is 4. The molecule has 0 saturated carbocycles. The second-order valence-corrected chi connectivity index (χ2v) is 6.84. The van der Waals surface area contributed by atoms with Crippen molar-refractivity contribution in [2.24, 2.45) is 0 Å². The van der Waals surface area contributed by atoms with Gasteiger partial charge in [0.1, 0.15) is 5.76 Å². The molecule has 0 aromatic heterocycles. The Labute approximate surface area is 164 Å². The minimum Gasteiger partial charge on any atom is -0.504 e. The third kappa shape index (κ3) is 2.63. The molecule has 5 nitrogen and oxygen atoms in total. The lowest BCUT2D eigenvalue weighted by Crippen LogP contribution is -2.00. The highest BCUT2D eigenvalue weighted by Gasteiger charge is 2.21. The van der Waals surface area contributed by atoms with Gasteiger partial charge < -0.3 is 14.6 Å². The Bertz CT molecular complexity index is 1440. The fourth-order valence-corrected chi connectivity index (χ4v) is 3.78. The van der Waals surface area contributed by atoms with Gasteiger partial charge in [0.15, 0.2) is 16.8 Å². The van der Waals surface area contributed by atoms with Crippen LogP contribution in [-0.2, 0) is 0 Å². The van der Waals surface area contributed by atoms with E-state index in [1.807, 2.05) is 24.3 Å². The number of phenolic OH excluding ortho intramolecular Hbond substituents is 1. The van der Waals surface area contributed by atoms with Crippen LogP contribution in [0, 0.1) is 0 Å². The first-order chi connectivity index (χ1) is 14.0. The second kappa shape index (κ2) is 6.21. The van der Waals surface area contributed by atoms with Gasteiger partial charge in [-0.1, -0.05) is 36.4 Å². The average Bonchev–Trinajstić information content (AvgIpc) is 2.72. The fraction of sp³-hybridized carbons (Fsp3) is 0. The summed E-state index contributed by atoms with van der Waals surface area (Å²) in [5.74, 6) is -0.679. The van der Waals surface area contributed by atoms with Crippen molar-refractivity contribution < 1.29 is 19.4 Å². The molecule has 0 unspecified atom stereocenters. The Morgan fingerprint density at radius 2 is 1.66 bits per heavy atom. The highest BCUT2D eigenvalue weighted by molar-refractivity contribution is 6.17. The second-order valence-electron chi connectivity index (χ2n) is 6.84. The molecule has 0 fully saturated rings. The van der Waals surface area contributed by atoms with E-state index in [2.05, 4.69) is 0 Å². The smallest absolute Gasteiger partial charge is 0.335 e. The van der Waals surface area contributed by atoms with E-state index in [1.54, 1.807) is 24.3 Å². The van der Waals surface area contributed by atoms with Crippen molar-refractivity contribution >= 4 is 27.7 Å². The van der Waals surface area contributed by atoms with Crippen molar-refractivity contribution in [3.8, 4) is 28.2 Å². The van der Waals surface area contributed by atoms with E-state index in [0.717, 1.165) is 21.9 Å². The van der Waals surface area contributed by atoms with Gasteiger partial charge in [0.2, 0.25) is 0 Å². The molecule has 0 saturated heterocycles. The monoisotopic (exact) mass is 382 g/mol. The Kier molecular flexibility index (Phi) is 3.64. The number of carbonyl (C=O) groups is 1. The maximum Gasteiger partial charge on any atom is 0.335 e. The number of aromatic carboxylic acids is 1. The molecule has 1 heterocycles. The Morgan fingerprint density at radius 3 is 2.41 bits per heavy atom. The summed E-state index contributed by atoms with van der Waals surface area (Å²) in [6.45, 7) is 0. The fourth-order valence-electron chi connectivity index (χ4n) is 3.78. The van der Waals surface area contributed by atoms with Crippen molar-refractivity contribution in [2.45, 2.75) is 0 Å². The SMILES string of the molecule is O=C(O)c1ccc(-c2c3ccc(=O)cc-3oc3c(O)cc4ccccc4c23)cc1. The van der Waals surface area contributed by atoms with Crippen molar-refractivity contribution in [3.05, 3.63) is 88.6 Å². The van der Waals surface area contributed by atoms with E-state index < -0.39 is 5.97 Å². The molecule has 5 heteroatoms. The summed E-state index contributed by atoms with van der Waals surface area (Å²) in [5, 5.41) is 22.3. The first-order valence-corrected chi connectivity index (χ1v) is 8.98. The Hall–Kier alpha value is -4.12. The molecule has 0 amide bonds. The summed E-state index contributed by atoms with van der Waals surface area (Å²) >= 11 is 0. The van der Waals surface area contributed by atoms with Crippen LogP contribution in [0.3, 0.4) is 0 Å². The first kappa shape index (κ1) is 17.0. The van der Waals surface area contributed by atoms with Gasteiger partial charge in [0.25, 0.3) is 0 Å². The van der Waals surface area contributed by atoms with Crippen molar-refractivity contribution in [1.29, 1.82) is 0 Å². The normalized spacial score (nSPS) is 11.3. The molecule has 29 heavy (non-hydrogen) atoms.